The Kier molecular flexibility index (Phi) is 2.67. The van der Waals surface area contributed by atoms with E-state index in [2.05, 4.69) is 0 Å². The van der Waals surface area contributed by atoms with E-state index >= 15 is 0 Å². The van der Waals surface area contributed by atoms with Crippen molar-refractivity contribution < 1.29 is 4.74 Å². The van der Waals surface area contributed by atoms with E-state index in [-0.39, 0.29) is 0 Å². The number of nitrogens with zero attached hydrogens (tertiary/aromatic N) is 1. The quantitative estimate of drug-likeness (QED) is 0.283. The van der Waals surface area contributed by atoms with Gasteiger partial charge >= 0.3 is 0 Å². The summed E-state index contributed by atoms with van der Waals surface area (Å²) in [5, 5.41) is 11.3. The van der Waals surface area contributed by atoms with Gasteiger partial charge in [-0.3, -0.25) is 0 Å². The molecule has 0 aliphatic rings. The van der Waals surface area contributed by atoms with E-state index in [0.29, 0.717) is 0 Å². The first-order chi connectivity index (χ1) is 4.73. The van der Waals surface area contributed by atoms with Crippen LogP contribution in [0.15, 0.2) is 0 Å². The Morgan fingerprint density at radius 2 is 1.64 bits per heavy atom. The van der Waals surface area contributed by atoms with Gasteiger partial charge in [0.15, 0.2) is 5.54 Å². The second kappa shape index (κ2) is 2.81. The third-order valence-electron chi connectivity index (χ3n) is 2.36. The molecule has 3 nitrogen and oxygen atoms in total. The summed E-state index contributed by atoms with van der Waals surface area (Å²) in [6.45, 7) is 9.07. The molecule has 0 amide bonds. The number of hydrogen-bond acceptors (Lipinski definition) is 2. The number of nitrogens with two attached hydrogens (primary N) is 1. The molecule has 0 aromatic rings. The molecule has 0 spiro atoms. The van der Waals surface area contributed by atoms with Gasteiger partial charge in [0.05, 0.1) is 5.54 Å². The van der Waals surface area contributed by atoms with Crippen LogP contribution in [0.5, 0.6) is 0 Å². The average molecular weight is 158 g/mol. The maximum atomic E-state index is 11.3. The van der Waals surface area contributed by atoms with Crippen LogP contribution in [0.3, 0.4) is 0 Å². The highest BCUT2D eigenvalue weighted by atomic mass is 16.5. The molecule has 0 aromatic heterocycles. The Hall–Kier alpha value is -0.570. The van der Waals surface area contributed by atoms with Gasteiger partial charge in [-0.1, -0.05) is 0 Å². The Morgan fingerprint density at radius 3 is 1.73 bits per heavy atom. The number of rotatable bonds is 2. The van der Waals surface area contributed by atoms with Gasteiger partial charge in [0.2, 0.25) is 0 Å². The molecule has 11 heavy (non-hydrogen) atoms. The van der Waals surface area contributed by atoms with Crippen molar-refractivity contribution in [2.45, 2.75) is 45.7 Å². The molecular formula is C8H18N2O. The van der Waals surface area contributed by atoms with E-state index in [0.717, 1.165) is 4.74 Å². The van der Waals surface area contributed by atoms with Gasteiger partial charge < -0.3 is 10.9 Å². The molecule has 0 heterocycles. The summed E-state index contributed by atoms with van der Waals surface area (Å²) >= 11 is 0. The van der Waals surface area contributed by atoms with Crippen LogP contribution in [0.1, 0.15) is 34.6 Å². The van der Waals surface area contributed by atoms with Crippen LogP contribution in [0, 0.1) is 5.21 Å². The number of hydroxylamine groups is 1. The lowest BCUT2D eigenvalue weighted by atomic mass is 9.84. The van der Waals surface area contributed by atoms with Crippen molar-refractivity contribution in [2.75, 3.05) is 0 Å². The predicted molar refractivity (Wildman–Crippen MR) is 47.7 cm³/mol. The SMILES string of the molecule is C/C=[N+](\[O-])C(C)(C)C(C)(C)N. The molecule has 0 aliphatic carbocycles. The normalized spacial score (nSPS) is 15.3. The molecule has 0 aliphatic heterocycles. The highest BCUT2D eigenvalue weighted by molar-refractivity contribution is 5.47. The Balaban J connectivity index is 4.74. The van der Waals surface area contributed by atoms with Gasteiger partial charge in [-0.15, -0.1) is 0 Å². The van der Waals surface area contributed by atoms with Gasteiger partial charge in [0, 0.05) is 20.8 Å². The van der Waals surface area contributed by atoms with Gasteiger partial charge in [0.25, 0.3) is 0 Å². The van der Waals surface area contributed by atoms with Crippen LogP contribution in [0.4, 0.5) is 0 Å². The molecule has 0 radical (unpaired) electrons. The summed E-state index contributed by atoms with van der Waals surface area (Å²) in [4.78, 5) is 0. The first-order valence-corrected chi connectivity index (χ1v) is 3.78. The van der Waals surface area contributed by atoms with Crippen LogP contribution in [-0.2, 0) is 0 Å². The molecule has 0 saturated carbocycles. The first-order valence-electron chi connectivity index (χ1n) is 3.78. The molecule has 0 rings (SSSR count). The predicted octanol–water partition coefficient (Wildman–Crippen LogP) is 1.10. The zero-order valence-corrected chi connectivity index (χ0v) is 8.01. The molecule has 0 atom stereocenters. The van der Waals surface area contributed by atoms with Crippen LogP contribution in [-0.4, -0.2) is 22.0 Å². The topological polar surface area (TPSA) is 52.1 Å². The highest BCUT2D eigenvalue weighted by Crippen LogP contribution is 2.21. The summed E-state index contributed by atoms with van der Waals surface area (Å²) < 4.78 is 0.896. The van der Waals surface area contributed by atoms with Crippen molar-refractivity contribution in [1.29, 1.82) is 0 Å². The van der Waals surface area contributed by atoms with Crippen molar-refractivity contribution >= 4 is 6.21 Å². The second-order valence-corrected chi connectivity index (χ2v) is 3.86. The maximum absolute atomic E-state index is 11.3. The standard InChI is InChI=1S/C8H18N2O/c1-6-10(11)8(4,5)7(2,3)9/h6H,9H2,1-5H3/b10-6-. The maximum Gasteiger partial charge on any atom is 0.184 e. The minimum Gasteiger partial charge on any atom is -0.624 e. The van der Waals surface area contributed by atoms with E-state index in [1.165, 1.54) is 6.21 Å². The molecule has 0 aromatic carbocycles. The summed E-state index contributed by atoms with van der Waals surface area (Å²) in [6.07, 6.45) is 1.49. The zero-order valence-electron chi connectivity index (χ0n) is 8.01. The van der Waals surface area contributed by atoms with E-state index < -0.39 is 11.1 Å². The lowest BCUT2D eigenvalue weighted by Crippen LogP contribution is -2.57. The van der Waals surface area contributed by atoms with Crippen molar-refractivity contribution in [3.05, 3.63) is 5.21 Å². The molecule has 2 N–H and O–H groups in total. The lowest BCUT2D eigenvalue weighted by molar-refractivity contribution is -0.548. The molecule has 66 valence electrons. The molecule has 0 bridgehead atoms. The summed E-state index contributed by atoms with van der Waals surface area (Å²) in [7, 11) is 0. The molecular weight excluding hydrogens is 140 g/mol. The Bertz CT molecular complexity index is 165. The van der Waals surface area contributed by atoms with Gasteiger partial charge in [-0.2, -0.15) is 0 Å². The lowest BCUT2D eigenvalue weighted by Gasteiger charge is -2.35. The largest absolute Gasteiger partial charge is 0.624 e. The van der Waals surface area contributed by atoms with Gasteiger partial charge in [-0.25, -0.2) is 4.74 Å². The third kappa shape index (κ3) is 1.93. The number of hydrogen-bond donors (Lipinski definition) is 1. The minimum absolute atomic E-state index is 0.499. The third-order valence-corrected chi connectivity index (χ3v) is 2.36. The average Bonchev–Trinajstić information content (AvgIpc) is 1.83. The molecule has 0 saturated heterocycles. The van der Waals surface area contributed by atoms with Crippen molar-refractivity contribution in [2.24, 2.45) is 5.73 Å². The summed E-state index contributed by atoms with van der Waals surface area (Å²) in [5.41, 5.74) is 4.78. The first kappa shape index (κ1) is 10.4. The summed E-state index contributed by atoms with van der Waals surface area (Å²) in [5.74, 6) is 0. The van der Waals surface area contributed by atoms with Crippen LogP contribution >= 0.6 is 0 Å². The minimum atomic E-state index is -0.554. The van der Waals surface area contributed by atoms with E-state index in [9.17, 15) is 5.21 Å². The Labute approximate surface area is 68.5 Å². The summed E-state index contributed by atoms with van der Waals surface area (Å²) in [6, 6.07) is 0. The van der Waals surface area contributed by atoms with Gasteiger partial charge in [0.1, 0.15) is 6.21 Å². The monoisotopic (exact) mass is 158 g/mol. The van der Waals surface area contributed by atoms with Crippen molar-refractivity contribution in [3.8, 4) is 0 Å². The Morgan fingerprint density at radius 1 is 1.27 bits per heavy atom. The van der Waals surface area contributed by atoms with E-state index in [1.807, 2.05) is 27.7 Å². The van der Waals surface area contributed by atoms with Gasteiger partial charge in [-0.05, 0) is 13.8 Å². The fourth-order valence-corrected chi connectivity index (χ4v) is 0.607. The second-order valence-electron chi connectivity index (χ2n) is 3.86. The van der Waals surface area contributed by atoms with Crippen LogP contribution in [0.2, 0.25) is 0 Å². The smallest absolute Gasteiger partial charge is 0.184 e. The van der Waals surface area contributed by atoms with E-state index in [1.54, 1.807) is 6.92 Å². The molecule has 3 heteroatoms. The molecule has 0 fully saturated rings. The zero-order chi connectivity index (χ0) is 9.28. The fourth-order valence-electron chi connectivity index (χ4n) is 0.607. The highest BCUT2D eigenvalue weighted by Gasteiger charge is 2.40. The van der Waals surface area contributed by atoms with E-state index in [4.69, 9.17) is 5.73 Å². The van der Waals surface area contributed by atoms with Crippen molar-refractivity contribution in [3.63, 3.8) is 0 Å². The van der Waals surface area contributed by atoms with Crippen LogP contribution in [0.25, 0.3) is 0 Å². The molecule has 0 unspecified atom stereocenters. The van der Waals surface area contributed by atoms with Crippen molar-refractivity contribution in [1.82, 2.24) is 0 Å². The van der Waals surface area contributed by atoms with Crippen LogP contribution < -0.4 is 5.73 Å². The fraction of sp³-hybridized carbons (Fsp3) is 0.875.